The zero-order chi connectivity index (χ0) is 26.5. The highest BCUT2D eigenvalue weighted by molar-refractivity contribution is 6.33. The molecule has 0 aliphatic heterocycles. The summed E-state index contributed by atoms with van der Waals surface area (Å²) in [7, 11) is 2.78. The normalized spacial score (nSPS) is 11.6. The number of esters is 1. The average Bonchev–Trinajstić information content (AvgIpc) is 2.87. The van der Waals surface area contributed by atoms with Gasteiger partial charge in [-0.25, -0.2) is 4.79 Å². The predicted molar refractivity (Wildman–Crippen MR) is 134 cm³/mol. The Bertz CT molecular complexity index is 1320. The third kappa shape index (κ3) is 6.31. The number of anilines is 2. The van der Waals surface area contributed by atoms with Crippen molar-refractivity contribution in [3.63, 3.8) is 0 Å². The van der Waals surface area contributed by atoms with Crippen LogP contribution in [-0.4, -0.2) is 37.9 Å². The molecule has 0 spiro atoms. The number of halogens is 4. The Hall–Kier alpha value is -4.11. The topological polar surface area (TPSA) is 82.5 Å². The summed E-state index contributed by atoms with van der Waals surface area (Å²) in [6.07, 6.45) is -4.19. The third-order valence-electron chi connectivity index (χ3n) is 5.14. The quantitative estimate of drug-likeness (QED) is 0.280. The minimum Gasteiger partial charge on any atom is -0.465 e. The lowest BCUT2D eigenvalue weighted by Crippen LogP contribution is -2.26. The summed E-state index contributed by atoms with van der Waals surface area (Å²) in [4.78, 5) is 26.1. The van der Waals surface area contributed by atoms with E-state index in [2.05, 4.69) is 5.32 Å². The van der Waals surface area contributed by atoms with Crippen molar-refractivity contribution in [2.75, 3.05) is 24.4 Å². The molecule has 0 saturated carbocycles. The predicted octanol–water partition coefficient (Wildman–Crippen LogP) is 6.44. The van der Waals surface area contributed by atoms with Crippen molar-refractivity contribution < 1.29 is 27.5 Å². The van der Waals surface area contributed by atoms with E-state index in [9.17, 15) is 22.8 Å². The van der Waals surface area contributed by atoms with Crippen molar-refractivity contribution in [3.8, 4) is 0 Å². The molecule has 0 heterocycles. The van der Waals surface area contributed by atoms with E-state index in [1.165, 1.54) is 49.4 Å². The van der Waals surface area contributed by atoms with Gasteiger partial charge in [0.15, 0.2) is 0 Å². The van der Waals surface area contributed by atoms with E-state index in [0.29, 0.717) is 23.0 Å². The number of allylic oxidation sites excluding steroid dienone is 1. The lowest BCUT2D eigenvalue weighted by Gasteiger charge is -2.19. The van der Waals surface area contributed by atoms with Crippen LogP contribution < -0.4 is 10.2 Å². The minimum absolute atomic E-state index is 0.0245. The Labute approximate surface area is 210 Å². The van der Waals surface area contributed by atoms with Gasteiger partial charge < -0.3 is 15.0 Å². The number of rotatable bonds is 7. The molecule has 0 radical (unpaired) electrons. The second-order valence-corrected chi connectivity index (χ2v) is 7.96. The van der Waals surface area contributed by atoms with E-state index in [4.69, 9.17) is 21.7 Å². The van der Waals surface area contributed by atoms with Crippen LogP contribution in [0.1, 0.15) is 26.3 Å². The number of alkyl halides is 3. The molecule has 3 rings (SSSR count). The van der Waals surface area contributed by atoms with E-state index in [0.717, 1.165) is 0 Å². The van der Waals surface area contributed by atoms with Crippen LogP contribution in [0.4, 0.5) is 24.5 Å². The van der Waals surface area contributed by atoms with Crippen LogP contribution in [0.15, 0.2) is 78.9 Å². The fraction of sp³-hybridized carbons (Fsp3) is 0.115. The smallest absolute Gasteiger partial charge is 0.432 e. The number of hydrogen-bond donors (Lipinski definition) is 2. The first kappa shape index (κ1) is 26.5. The van der Waals surface area contributed by atoms with Gasteiger partial charge >= 0.3 is 12.1 Å². The van der Waals surface area contributed by atoms with Crippen LogP contribution in [0.25, 0.3) is 5.70 Å². The van der Waals surface area contributed by atoms with Gasteiger partial charge in [0.25, 0.3) is 5.91 Å². The van der Waals surface area contributed by atoms with Crippen LogP contribution in [0.5, 0.6) is 0 Å². The zero-order valence-corrected chi connectivity index (χ0v) is 19.9. The Morgan fingerprint density at radius 2 is 1.61 bits per heavy atom. The van der Waals surface area contributed by atoms with Crippen LogP contribution in [0.3, 0.4) is 0 Å². The molecule has 1 amide bonds. The molecule has 0 saturated heterocycles. The van der Waals surface area contributed by atoms with Gasteiger partial charge in [-0.1, -0.05) is 41.9 Å². The van der Waals surface area contributed by atoms with Crippen LogP contribution in [-0.2, 0) is 4.74 Å². The van der Waals surface area contributed by atoms with Gasteiger partial charge in [-0.05, 0) is 54.1 Å². The summed E-state index contributed by atoms with van der Waals surface area (Å²) in [6.45, 7) is 0. The van der Waals surface area contributed by atoms with Crippen molar-refractivity contribution in [2.45, 2.75) is 6.18 Å². The van der Waals surface area contributed by atoms with Crippen LogP contribution >= 0.6 is 11.6 Å². The van der Waals surface area contributed by atoms with Gasteiger partial charge in [-0.2, -0.15) is 13.2 Å². The monoisotopic (exact) mass is 515 g/mol. The van der Waals surface area contributed by atoms with Gasteiger partial charge in [-0.15, -0.1) is 0 Å². The largest absolute Gasteiger partial charge is 0.465 e. The molecule has 36 heavy (non-hydrogen) atoms. The van der Waals surface area contributed by atoms with Gasteiger partial charge in [0.1, 0.15) is 5.71 Å². The number of para-hydroxylation sites is 1. The maximum absolute atomic E-state index is 13.1. The minimum atomic E-state index is -4.84. The molecule has 0 bridgehead atoms. The first-order chi connectivity index (χ1) is 17.0. The number of ether oxygens (including phenoxy) is 1. The third-order valence-corrected chi connectivity index (χ3v) is 5.47. The van der Waals surface area contributed by atoms with Crippen molar-refractivity contribution in [1.29, 1.82) is 5.41 Å². The van der Waals surface area contributed by atoms with Crippen LogP contribution in [0.2, 0.25) is 5.02 Å². The standard InChI is InChI=1S/C26H21ClF3N3O3/c1-33(19-7-5-6-18(14-19)25(35)36-2)24(34)17-12-10-16(11-13-17)22(15-23(31)26(28,29)30)32-21-9-4-3-8-20(21)27/h3-15,31-32H,1-2H3/b22-15-,31-23?. The number of benzene rings is 3. The van der Waals surface area contributed by atoms with Crippen molar-refractivity contribution in [2.24, 2.45) is 0 Å². The van der Waals surface area contributed by atoms with Gasteiger partial charge in [0.05, 0.1) is 23.4 Å². The molecule has 2 N–H and O–H groups in total. The van der Waals surface area contributed by atoms with Crippen LogP contribution in [0, 0.1) is 5.41 Å². The van der Waals surface area contributed by atoms with Gasteiger partial charge in [-0.3, -0.25) is 10.2 Å². The Balaban J connectivity index is 1.90. The number of carbonyl (C=O) groups is 2. The lowest BCUT2D eigenvalue weighted by atomic mass is 10.1. The molecule has 0 atom stereocenters. The molecule has 0 fully saturated rings. The molecule has 186 valence electrons. The van der Waals surface area contributed by atoms with Crippen molar-refractivity contribution in [1.82, 2.24) is 0 Å². The highest BCUT2D eigenvalue weighted by Crippen LogP contribution is 2.28. The number of nitrogens with zero attached hydrogens (tertiary/aromatic N) is 1. The summed E-state index contributed by atoms with van der Waals surface area (Å²) in [5.74, 6) is -0.951. The maximum Gasteiger partial charge on any atom is 0.432 e. The molecule has 6 nitrogen and oxygen atoms in total. The number of amides is 1. The van der Waals surface area contributed by atoms with E-state index in [-0.39, 0.29) is 21.8 Å². The number of hydrogen-bond acceptors (Lipinski definition) is 5. The molecule has 0 aliphatic rings. The summed E-state index contributed by atoms with van der Waals surface area (Å²) >= 11 is 6.14. The average molecular weight is 516 g/mol. The summed E-state index contributed by atoms with van der Waals surface area (Å²) < 4.78 is 43.9. The summed E-state index contributed by atoms with van der Waals surface area (Å²) in [5.41, 5.74) is 0.0596. The molecular formula is C26H21ClF3N3O3. The molecule has 0 aromatic heterocycles. The first-order valence-electron chi connectivity index (χ1n) is 10.5. The first-order valence-corrected chi connectivity index (χ1v) is 10.8. The fourth-order valence-electron chi connectivity index (χ4n) is 3.19. The molecular weight excluding hydrogens is 495 g/mol. The zero-order valence-electron chi connectivity index (χ0n) is 19.2. The SMILES string of the molecule is COC(=O)c1cccc(N(C)C(=O)c2ccc(/C(=C/C(=N)C(F)(F)F)Nc3ccccc3Cl)cc2)c1. The molecule has 0 unspecified atom stereocenters. The highest BCUT2D eigenvalue weighted by atomic mass is 35.5. The molecule has 0 aliphatic carbocycles. The van der Waals surface area contributed by atoms with Crippen molar-refractivity contribution >= 4 is 46.3 Å². The number of carbonyl (C=O) groups excluding carboxylic acids is 2. The Kier molecular flexibility index (Phi) is 8.16. The van der Waals surface area contributed by atoms with E-state index in [1.807, 2.05) is 0 Å². The second kappa shape index (κ2) is 11.1. The highest BCUT2D eigenvalue weighted by Gasteiger charge is 2.33. The fourth-order valence-corrected chi connectivity index (χ4v) is 3.37. The molecule has 3 aromatic rings. The molecule has 10 heteroatoms. The van der Waals surface area contributed by atoms with Gasteiger partial charge in [0.2, 0.25) is 0 Å². The van der Waals surface area contributed by atoms with E-state index in [1.54, 1.807) is 42.5 Å². The number of methoxy groups -OCH3 is 1. The Morgan fingerprint density at radius 3 is 2.22 bits per heavy atom. The second-order valence-electron chi connectivity index (χ2n) is 7.56. The maximum atomic E-state index is 13.1. The lowest BCUT2D eigenvalue weighted by molar-refractivity contribution is -0.0584. The van der Waals surface area contributed by atoms with E-state index < -0.39 is 23.8 Å². The van der Waals surface area contributed by atoms with E-state index >= 15 is 0 Å². The summed E-state index contributed by atoms with van der Waals surface area (Å²) in [5, 5.41) is 10.5. The molecule has 3 aromatic carbocycles. The summed E-state index contributed by atoms with van der Waals surface area (Å²) in [6, 6.07) is 18.7. The van der Waals surface area contributed by atoms with Crippen molar-refractivity contribution in [3.05, 3.63) is 101 Å². The number of nitrogens with one attached hydrogen (secondary N) is 2. The Morgan fingerprint density at radius 1 is 0.972 bits per heavy atom. The van der Waals surface area contributed by atoms with Gasteiger partial charge in [0, 0.05) is 24.0 Å².